The maximum atomic E-state index is 14.2. The van der Waals surface area contributed by atoms with Crippen LogP contribution >= 0.6 is 0 Å². The number of rotatable bonds is 6. The summed E-state index contributed by atoms with van der Waals surface area (Å²) in [5, 5.41) is 0. The first kappa shape index (κ1) is 15.4. The number of halogens is 1. The molecule has 0 atom stereocenters. The van der Waals surface area contributed by atoms with E-state index in [-0.39, 0.29) is 11.6 Å². The standard InChI is InChI=1S/C19H21FO/c1-3-4-5-6-15-7-12-18(19(20)13-15)17-10-8-16(9-11-17)14(2)21/h7-13H,3-6H2,1-2H3. The molecule has 21 heavy (non-hydrogen) atoms. The molecule has 0 N–H and O–H groups in total. The van der Waals surface area contributed by atoms with E-state index in [0.29, 0.717) is 11.1 Å². The highest BCUT2D eigenvalue weighted by molar-refractivity contribution is 5.94. The number of ketones is 1. The SMILES string of the molecule is CCCCCc1ccc(-c2ccc(C(C)=O)cc2)c(F)c1. The molecule has 0 fully saturated rings. The van der Waals surface area contributed by atoms with Gasteiger partial charge in [0.05, 0.1) is 0 Å². The van der Waals surface area contributed by atoms with E-state index in [4.69, 9.17) is 0 Å². The minimum Gasteiger partial charge on any atom is -0.295 e. The van der Waals surface area contributed by atoms with Crippen LogP contribution in [0.25, 0.3) is 11.1 Å². The summed E-state index contributed by atoms with van der Waals surface area (Å²) in [5.41, 5.74) is 3.09. The molecular formula is C19H21FO. The normalized spacial score (nSPS) is 10.6. The van der Waals surface area contributed by atoms with Gasteiger partial charge in [-0.2, -0.15) is 0 Å². The molecule has 0 aliphatic heterocycles. The van der Waals surface area contributed by atoms with E-state index in [1.54, 1.807) is 30.3 Å². The van der Waals surface area contributed by atoms with Crippen LogP contribution in [0.15, 0.2) is 42.5 Å². The Kier molecular flexibility index (Phi) is 5.26. The van der Waals surface area contributed by atoms with E-state index >= 15 is 0 Å². The molecule has 0 saturated heterocycles. The van der Waals surface area contributed by atoms with Gasteiger partial charge in [0, 0.05) is 11.1 Å². The predicted octanol–water partition coefficient (Wildman–Crippen LogP) is 5.43. The Morgan fingerprint density at radius 1 is 1.05 bits per heavy atom. The molecule has 2 aromatic rings. The van der Waals surface area contributed by atoms with Crippen molar-refractivity contribution >= 4 is 5.78 Å². The molecule has 0 aliphatic rings. The topological polar surface area (TPSA) is 17.1 Å². The van der Waals surface area contributed by atoms with Crippen molar-refractivity contribution in [1.29, 1.82) is 0 Å². The van der Waals surface area contributed by atoms with Gasteiger partial charge in [-0.05, 0) is 37.0 Å². The first-order chi connectivity index (χ1) is 10.1. The maximum absolute atomic E-state index is 14.2. The summed E-state index contributed by atoms with van der Waals surface area (Å²) >= 11 is 0. The highest BCUT2D eigenvalue weighted by Crippen LogP contribution is 2.24. The Hall–Kier alpha value is -1.96. The fourth-order valence-electron chi connectivity index (χ4n) is 2.41. The zero-order valence-corrected chi connectivity index (χ0v) is 12.7. The predicted molar refractivity (Wildman–Crippen MR) is 85.1 cm³/mol. The summed E-state index contributed by atoms with van der Waals surface area (Å²) in [5.74, 6) is -0.173. The molecule has 0 unspecified atom stereocenters. The molecule has 0 aromatic heterocycles. The molecule has 1 nitrogen and oxygen atoms in total. The summed E-state index contributed by atoms with van der Waals surface area (Å²) in [6.07, 6.45) is 4.37. The van der Waals surface area contributed by atoms with Crippen LogP contribution < -0.4 is 0 Å². The van der Waals surface area contributed by atoms with E-state index in [2.05, 4.69) is 6.92 Å². The average molecular weight is 284 g/mol. The molecule has 0 spiro atoms. The monoisotopic (exact) mass is 284 g/mol. The molecular weight excluding hydrogens is 263 g/mol. The van der Waals surface area contributed by atoms with Crippen molar-refractivity contribution in [3.05, 3.63) is 59.4 Å². The van der Waals surface area contributed by atoms with Crippen LogP contribution in [-0.4, -0.2) is 5.78 Å². The summed E-state index contributed by atoms with van der Waals surface area (Å²) < 4.78 is 14.2. The third-order valence-electron chi connectivity index (χ3n) is 3.70. The van der Waals surface area contributed by atoms with Crippen LogP contribution in [0.4, 0.5) is 4.39 Å². The number of Topliss-reactive ketones (excluding diaryl/α,β-unsaturated/α-hetero) is 1. The van der Waals surface area contributed by atoms with Gasteiger partial charge < -0.3 is 0 Å². The van der Waals surface area contributed by atoms with E-state index in [1.165, 1.54) is 19.8 Å². The summed E-state index contributed by atoms with van der Waals surface area (Å²) in [6, 6.07) is 12.5. The lowest BCUT2D eigenvalue weighted by Crippen LogP contribution is -1.93. The number of benzene rings is 2. The highest BCUT2D eigenvalue weighted by atomic mass is 19.1. The second-order valence-corrected chi connectivity index (χ2v) is 5.40. The van der Waals surface area contributed by atoms with Crippen molar-refractivity contribution < 1.29 is 9.18 Å². The molecule has 110 valence electrons. The van der Waals surface area contributed by atoms with Gasteiger partial charge in [0.25, 0.3) is 0 Å². The van der Waals surface area contributed by atoms with Crippen molar-refractivity contribution in [1.82, 2.24) is 0 Å². The number of hydrogen-bond acceptors (Lipinski definition) is 1. The van der Waals surface area contributed by atoms with Gasteiger partial charge in [-0.3, -0.25) is 4.79 Å². The summed E-state index contributed by atoms with van der Waals surface area (Å²) in [7, 11) is 0. The van der Waals surface area contributed by atoms with Crippen molar-refractivity contribution in [2.45, 2.75) is 39.5 Å². The average Bonchev–Trinajstić information content (AvgIpc) is 2.48. The largest absolute Gasteiger partial charge is 0.295 e. The Morgan fingerprint density at radius 2 is 1.76 bits per heavy atom. The number of aryl methyl sites for hydroxylation is 1. The smallest absolute Gasteiger partial charge is 0.159 e. The van der Waals surface area contributed by atoms with E-state index in [9.17, 15) is 9.18 Å². The van der Waals surface area contributed by atoms with Gasteiger partial charge in [-0.15, -0.1) is 0 Å². The lowest BCUT2D eigenvalue weighted by Gasteiger charge is -2.07. The lowest BCUT2D eigenvalue weighted by atomic mass is 9.99. The third-order valence-corrected chi connectivity index (χ3v) is 3.70. The fourth-order valence-corrected chi connectivity index (χ4v) is 2.41. The Labute approximate surface area is 125 Å². The van der Waals surface area contributed by atoms with Crippen LogP contribution in [0.1, 0.15) is 49.0 Å². The van der Waals surface area contributed by atoms with Crippen LogP contribution in [0, 0.1) is 5.82 Å². The summed E-state index contributed by atoms with van der Waals surface area (Å²) in [6.45, 7) is 3.69. The van der Waals surface area contributed by atoms with Crippen molar-refractivity contribution in [2.24, 2.45) is 0 Å². The van der Waals surface area contributed by atoms with E-state index < -0.39 is 0 Å². The zero-order valence-electron chi connectivity index (χ0n) is 12.7. The van der Waals surface area contributed by atoms with Gasteiger partial charge in [0.2, 0.25) is 0 Å². The quantitative estimate of drug-likeness (QED) is 0.510. The minimum atomic E-state index is -0.195. The first-order valence-electron chi connectivity index (χ1n) is 7.51. The second kappa shape index (κ2) is 7.16. The number of hydrogen-bond donors (Lipinski definition) is 0. The molecule has 2 rings (SSSR count). The Bertz CT molecular complexity index is 614. The van der Waals surface area contributed by atoms with E-state index in [1.807, 2.05) is 12.1 Å². The van der Waals surface area contributed by atoms with Gasteiger partial charge in [0.15, 0.2) is 5.78 Å². The third kappa shape index (κ3) is 4.01. The molecule has 0 bridgehead atoms. The van der Waals surface area contributed by atoms with Crippen LogP contribution in [0.3, 0.4) is 0 Å². The van der Waals surface area contributed by atoms with Gasteiger partial charge in [-0.1, -0.05) is 56.2 Å². The summed E-state index contributed by atoms with van der Waals surface area (Å²) in [4.78, 5) is 11.3. The molecule has 0 heterocycles. The van der Waals surface area contributed by atoms with Crippen molar-refractivity contribution in [3.8, 4) is 11.1 Å². The Balaban J connectivity index is 2.18. The van der Waals surface area contributed by atoms with Crippen molar-refractivity contribution in [2.75, 3.05) is 0 Å². The van der Waals surface area contributed by atoms with Crippen LogP contribution in [-0.2, 0) is 6.42 Å². The maximum Gasteiger partial charge on any atom is 0.159 e. The molecule has 2 heteroatoms. The minimum absolute atomic E-state index is 0.0216. The first-order valence-corrected chi connectivity index (χ1v) is 7.51. The fraction of sp³-hybridized carbons (Fsp3) is 0.316. The second-order valence-electron chi connectivity index (χ2n) is 5.40. The van der Waals surface area contributed by atoms with Gasteiger partial charge in [-0.25, -0.2) is 4.39 Å². The lowest BCUT2D eigenvalue weighted by molar-refractivity contribution is 0.101. The van der Waals surface area contributed by atoms with Gasteiger partial charge in [0.1, 0.15) is 5.82 Å². The molecule has 0 amide bonds. The van der Waals surface area contributed by atoms with E-state index in [0.717, 1.165) is 24.0 Å². The number of carbonyl (C=O) groups excluding carboxylic acids is 1. The molecule has 2 aromatic carbocycles. The van der Waals surface area contributed by atoms with Crippen LogP contribution in [0.5, 0.6) is 0 Å². The van der Waals surface area contributed by atoms with Crippen molar-refractivity contribution in [3.63, 3.8) is 0 Å². The molecule has 0 aliphatic carbocycles. The van der Waals surface area contributed by atoms with Crippen LogP contribution in [0.2, 0.25) is 0 Å². The number of carbonyl (C=O) groups is 1. The Morgan fingerprint density at radius 3 is 2.33 bits per heavy atom. The number of unbranched alkanes of at least 4 members (excludes halogenated alkanes) is 2. The van der Waals surface area contributed by atoms with Gasteiger partial charge >= 0.3 is 0 Å². The molecule has 0 saturated carbocycles. The zero-order chi connectivity index (χ0) is 15.2. The highest BCUT2D eigenvalue weighted by Gasteiger charge is 2.07. The molecule has 0 radical (unpaired) electrons.